The summed E-state index contributed by atoms with van der Waals surface area (Å²) in [6.45, 7) is 11.4. The number of hydrogen-bond donors (Lipinski definition) is 0. The molecule has 0 spiro atoms. The van der Waals surface area contributed by atoms with E-state index in [1.165, 1.54) is 25.0 Å². The molecule has 0 unspecified atom stereocenters. The summed E-state index contributed by atoms with van der Waals surface area (Å²) in [5, 5.41) is 0. The van der Waals surface area contributed by atoms with Crippen molar-refractivity contribution in [2.45, 2.75) is 66.0 Å². The Labute approximate surface area is 127 Å². The van der Waals surface area contributed by atoms with Gasteiger partial charge in [-0.15, -0.1) is 0 Å². The number of allylic oxidation sites excluding steroid dienone is 5. The van der Waals surface area contributed by atoms with E-state index in [0.717, 1.165) is 36.8 Å². The summed E-state index contributed by atoms with van der Waals surface area (Å²) in [5.74, 6) is 1.32. The fourth-order valence-corrected chi connectivity index (χ4v) is 2.66. The van der Waals surface area contributed by atoms with Gasteiger partial charge in [-0.25, -0.2) is 0 Å². The highest BCUT2D eigenvalue weighted by atomic mass is 19.4. The molecule has 122 valence electrons. The van der Waals surface area contributed by atoms with Crippen molar-refractivity contribution in [1.29, 1.82) is 0 Å². The predicted molar refractivity (Wildman–Crippen MR) is 85.2 cm³/mol. The number of rotatable bonds is 4. The van der Waals surface area contributed by atoms with Crippen molar-refractivity contribution < 1.29 is 13.2 Å². The number of hydrogen-bond acceptors (Lipinski definition) is 0. The van der Waals surface area contributed by atoms with Crippen LogP contribution in [0.15, 0.2) is 36.0 Å². The standard InChI is InChI=1S/C16H23F3.C2H6/c1-4-5-15(16(17,18)19)11-13(3)10-14-8-6-12(2)7-9-14;1-2/h4-5,11-12,14H,1,6-10H2,2-3H3;1-2H3/b13-11+,15-5+;. The summed E-state index contributed by atoms with van der Waals surface area (Å²) in [5.41, 5.74) is 0.203. The van der Waals surface area contributed by atoms with Gasteiger partial charge in [-0.3, -0.25) is 0 Å². The van der Waals surface area contributed by atoms with E-state index in [9.17, 15) is 13.2 Å². The topological polar surface area (TPSA) is 0 Å². The van der Waals surface area contributed by atoms with Crippen LogP contribution in [0.4, 0.5) is 13.2 Å². The summed E-state index contributed by atoms with van der Waals surface area (Å²) >= 11 is 0. The first-order valence-corrected chi connectivity index (χ1v) is 7.90. The molecule has 0 radical (unpaired) electrons. The van der Waals surface area contributed by atoms with Crippen LogP contribution in [-0.4, -0.2) is 6.18 Å². The van der Waals surface area contributed by atoms with Crippen molar-refractivity contribution in [3.8, 4) is 0 Å². The zero-order valence-electron chi connectivity index (χ0n) is 13.8. The van der Waals surface area contributed by atoms with Gasteiger partial charge >= 0.3 is 6.18 Å². The van der Waals surface area contributed by atoms with Gasteiger partial charge in [0, 0.05) is 0 Å². The fourth-order valence-electron chi connectivity index (χ4n) is 2.66. The Bertz CT molecular complexity index is 353. The maximum absolute atomic E-state index is 12.7. The lowest BCUT2D eigenvalue weighted by molar-refractivity contribution is -0.0882. The molecular weight excluding hydrogens is 273 g/mol. The maximum Gasteiger partial charge on any atom is 0.416 e. The predicted octanol–water partition coefficient (Wildman–Crippen LogP) is 6.85. The SMILES string of the molecule is C=C/C=C(\C=C(/C)CC1CCC(C)CC1)C(F)(F)F.CC. The third-order valence-electron chi connectivity index (χ3n) is 3.77. The van der Waals surface area contributed by atoms with Gasteiger partial charge < -0.3 is 0 Å². The molecule has 0 aromatic carbocycles. The van der Waals surface area contributed by atoms with Gasteiger partial charge in [-0.2, -0.15) is 13.2 Å². The Kier molecular flexibility index (Phi) is 9.39. The summed E-state index contributed by atoms with van der Waals surface area (Å²) in [6, 6.07) is 0. The molecule has 21 heavy (non-hydrogen) atoms. The maximum atomic E-state index is 12.7. The van der Waals surface area contributed by atoms with Crippen LogP contribution >= 0.6 is 0 Å². The molecule has 0 aliphatic heterocycles. The lowest BCUT2D eigenvalue weighted by Crippen LogP contribution is -2.13. The highest BCUT2D eigenvalue weighted by Crippen LogP contribution is 2.34. The second-order valence-electron chi connectivity index (χ2n) is 5.68. The van der Waals surface area contributed by atoms with Gasteiger partial charge in [-0.05, 0) is 38.0 Å². The third-order valence-corrected chi connectivity index (χ3v) is 3.77. The first kappa shape index (κ1) is 20.0. The molecule has 1 aliphatic carbocycles. The molecule has 0 amide bonds. The Morgan fingerprint density at radius 3 is 2.10 bits per heavy atom. The lowest BCUT2D eigenvalue weighted by atomic mass is 9.80. The van der Waals surface area contributed by atoms with E-state index in [-0.39, 0.29) is 0 Å². The molecule has 0 saturated heterocycles. The van der Waals surface area contributed by atoms with E-state index < -0.39 is 11.7 Å². The molecular formula is C18H29F3. The van der Waals surface area contributed by atoms with Gasteiger partial charge in [-0.1, -0.05) is 64.0 Å². The minimum Gasteiger partial charge on any atom is -0.166 e. The average molecular weight is 302 g/mol. The minimum atomic E-state index is -4.30. The van der Waals surface area contributed by atoms with Gasteiger partial charge in [0.2, 0.25) is 0 Å². The van der Waals surface area contributed by atoms with Crippen molar-refractivity contribution >= 4 is 0 Å². The molecule has 0 heterocycles. The zero-order chi connectivity index (χ0) is 16.5. The van der Waals surface area contributed by atoms with Gasteiger partial charge in [0.15, 0.2) is 0 Å². The van der Waals surface area contributed by atoms with Crippen LogP contribution < -0.4 is 0 Å². The average Bonchev–Trinajstić information content (AvgIpc) is 2.42. The third kappa shape index (κ3) is 8.13. The molecule has 0 N–H and O–H groups in total. The van der Waals surface area contributed by atoms with E-state index in [4.69, 9.17) is 0 Å². The van der Waals surface area contributed by atoms with Gasteiger partial charge in [0.1, 0.15) is 0 Å². The van der Waals surface area contributed by atoms with Crippen LogP contribution in [0.3, 0.4) is 0 Å². The van der Waals surface area contributed by atoms with Gasteiger partial charge in [0.25, 0.3) is 0 Å². The highest BCUT2D eigenvalue weighted by molar-refractivity contribution is 5.30. The summed E-state index contributed by atoms with van der Waals surface area (Å²) in [7, 11) is 0. The monoisotopic (exact) mass is 302 g/mol. The summed E-state index contributed by atoms with van der Waals surface area (Å²) in [6.07, 6.45) is 4.64. The quantitative estimate of drug-likeness (QED) is 0.498. The van der Waals surface area contributed by atoms with Crippen molar-refractivity contribution in [1.82, 2.24) is 0 Å². The van der Waals surface area contributed by atoms with Crippen molar-refractivity contribution in [3.63, 3.8) is 0 Å². The molecule has 3 heteroatoms. The van der Waals surface area contributed by atoms with Crippen LogP contribution in [0, 0.1) is 11.8 Å². The van der Waals surface area contributed by atoms with E-state index in [1.807, 2.05) is 13.8 Å². The molecule has 0 atom stereocenters. The molecule has 1 saturated carbocycles. The van der Waals surface area contributed by atoms with Crippen LogP contribution in [-0.2, 0) is 0 Å². The summed E-state index contributed by atoms with van der Waals surface area (Å²) in [4.78, 5) is 0. The lowest BCUT2D eigenvalue weighted by Gasteiger charge is -2.26. The smallest absolute Gasteiger partial charge is 0.166 e. The number of halogens is 3. The first-order valence-electron chi connectivity index (χ1n) is 7.90. The van der Waals surface area contributed by atoms with Crippen LogP contribution in [0.1, 0.15) is 59.8 Å². The highest BCUT2D eigenvalue weighted by Gasteiger charge is 2.31. The second kappa shape index (κ2) is 9.86. The molecule has 0 bridgehead atoms. The minimum absolute atomic E-state index is 0.547. The van der Waals surface area contributed by atoms with E-state index >= 15 is 0 Å². The largest absolute Gasteiger partial charge is 0.416 e. The number of alkyl halides is 3. The van der Waals surface area contributed by atoms with E-state index in [1.54, 1.807) is 6.92 Å². The Hall–Kier alpha value is -0.990. The fraction of sp³-hybridized carbons (Fsp3) is 0.667. The van der Waals surface area contributed by atoms with Crippen molar-refractivity contribution in [2.75, 3.05) is 0 Å². The molecule has 1 aliphatic rings. The molecule has 1 rings (SSSR count). The molecule has 0 aromatic rings. The summed E-state index contributed by atoms with van der Waals surface area (Å²) < 4.78 is 38.2. The molecule has 1 fully saturated rings. The van der Waals surface area contributed by atoms with Crippen molar-refractivity contribution in [2.24, 2.45) is 11.8 Å². The van der Waals surface area contributed by atoms with Crippen molar-refractivity contribution in [3.05, 3.63) is 36.0 Å². The Balaban J connectivity index is 0.00000191. The van der Waals surface area contributed by atoms with Gasteiger partial charge in [0.05, 0.1) is 5.57 Å². The Morgan fingerprint density at radius 2 is 1.67 bits per heavy atom. The normalized spacial score (nSPS) is 24.1. The Morgan fingerprint density at radius 1 is 1.14 bits per heavy atom. The van der Waals surface area contributed by atoms with E-state index in [2.05, 4.69) is 13.5 Å². The van der Waals surface area contributed by atoms with E-state index in [0.29, 0.717) is 5.92 Å². The second-order valence-corrected chi connectivity index (χ2v) is 5.68. The molecule has 0 aromatic heterocycles. The van der Waals surface area contributed by atoms with Crippen LogP contribution in [0.5, 0.6) is 0 Å². The zero-order valence-corrected chi connectivity index (χ0v) is 13.8. The molecule has 0 nitrogen and oxygen atoms in total. The van der Waals surface area contributed by atoms with Crippen LogP contribution in [0.2, 0.25) is 0 Å². The van der Waals surface area contributed by atoms with Crippen LogP contribution in [0.25, 0.3) is 0 Å². The first-order chi connectivity index (χ1) is 9.82.